The third-order valence-electron chi connectivity index (χ3n) is 8.37. The molecule has 0 N–H and O–H groups in total. The monoisotopic (exact) mass is 839 g/mol. The first-order chi connectivity index (χ1) is 23.4. The molecule has 1 radical (unpaired) electrons. The maximum absolute atomic E-state index is 8.32. The van der Waals surface area contributed by atoms with Crippen molar-refractivity contribution in [1.29, 1.82) is 0 Å². The minimum atomic E-state index is -1.34. The van der Waals surface area contributed by atoms with Gasteiger partial charge in [-0.15, -0.1) is 54.1 Å². The average molecular weight is 839 g/mol. The van der Waals surface area contributed by atoms with Crippen LogP contribution in [0.15, 0.2) is 114 Å². The van der Waals surface area contributed by atoms with Crippen LogP contribution in [0.5, 0.6) is 0 Å². The standard InChI is InChI=1S/C25H19N2O.C18H24NSi.Ir/c1-16(2)18-13-14-26-23(15-18)21-10-6-9-19-20-11-12-22(17-7-4-3-5-8-17)27-25(20)28-24(19)21;1-14(2)11-16-12-17(15-9-7-6-8-10-15)19-13-18(16)20(3,4)5;/h3-9,11-16H,1-2H3;6-9,12-14H,11H2,1-5H3;/q2*-1;/i16D;;. The molecule has 0 saturated carbocycles. The topological polar surface area (TPSA) is 51.8 Å². The summed E-state index contributed by atoms with van der Waals surface area (Å²) >= 11 is 0. The largest absolute Gasteiger partial charge is 0.486 e. The van der Waals surface area contributed by atoms with E-state index in [0.717, 1.165) is 56.5 Å². The Bertz CT molecular complexity index is 2200. The molecular weight excluding hydrogens is 795 g/mol. The van der Waals surface area contributed by atoms with Gasteiger partial charge < -0.3 is 14.4 Å². The number of rotatable bonds is 7. The Morgan fingerprint density at radius 2 is 1.55 bits per heavy atom. The summed E-state index contributed by atoms with van der Waals surface area (Å²) in [6, 6.07) is 38.7. The summed E-state index contributed by atoms with van der Waals surface area (Å²) in [6.45, 7) is 15.5. The van der Waals surface area contributed by atoms with E-state index in [1.165, 1.54) is 10.8 Å². The van der Waals surface area contributed by atoms with Crippen LogP contribution in [0.3, 0.4) is 0 Å². The van der Waals surface area contributed by atoms with Crippen molar-refractivity contribution < 1.29 is 25.9 Å². The van der Waals surface area contributed by atoms with Gasteiger partial charge in [-0.3, -0.25) is 0 Å². The molecule has 7 rings (SSSR count). The third-order valence-corrected chi connectivity index (χ3v) is 10.4. The number of nitrogens with zero attached hydrogens (tertiary/aromatic N) is 3. The fraction of sp³-hybridized carbons (Fsp3) is 0.233. The molecule has 4 nitrogen and oxygen atoms in total. The number of benzene rings is 3. The number of aromatic nitrogens is 3. The first-order valence-electron chi connectivity index (χ1n) is 17.1. The average Bonchev–Trinajstić information content (AvgIpc) is 3.46. The van der Waals surface area contributed by atoms with E-state index in [1.807, 2.05) is 92.7 Å². The molecule has 49 heavy (non-hydrogen) atoms. The van der Waals surface area contributed by atoms with Crippen LogP contribution >= 0.6 is 0 Å². The molecule has 0 fully saturated rings. The molecule has 0 atom stereocenters. The SMILES string of the molecule is CC(C)Cc1cc(-c2[c-]cccc2)ncc1[Si](C)(C)C.[2H]C(C)(C)c1ccnc(-c2[c-]ccc3c2oc2nc(-c4ccccc4)ccc23)c1.[Ir]. The van der Waals surface area contributed by atoms with E-state index in [-0.39, 0.29) is 20.1 Å². The zero-order valence-corrected chi connectivity index (χ0v) is 32.7. The molecule has 0 aliphatic carbocycles. The maximum atomic E-state index is 8.32. The van der Waals surface area contributed by atoms with Gasteiger partial charge in [0.05, 0.1) is 19.4 Å². The second kappa shape index (κ2) is 15.5. The molecule has 7 aromatic rings. The Labute approximate surface area is 306 Å². The fourth-order valence-electron chi connectivity index (χ4n) is 5.94. The number of fused-ring (bicyclic) bond motifs is 3. The van der Waals surface area contributed by atoms with Crippen molar-refractivity contribution in [2.45, 2.75) is 59.7 Å². The van der Waals surface area contributed by atoms with Gasteiger partial charge in [0.15, 0.2) is 0 Å². The molecule has 0 spiro atoms. The molecule has 4 aromatic heterocycles. The van der Waals surface area contributed by atoms with Crippen molar-refractivity contribution >= 4 is 35.3 Å². The molecule has 4 heterocycles. The fourth-order valence-corrected chi connectivity index (χ4v) is 7.53. The second-order valence-electron chi connectivity index (χ2n) is 13.9. The minimum Gasteiger partial charge on any atom is -0.486 e. The van der Waals surface area contributed by atoms with Crippen molar-refractivity contribution in [2.75, 3.05) is 0 Å². The summed E-state index contributed by atoms with van der Waals surface area (Å²) in [5.41, 5.74) is 9.26. The van der Waals surface area contributed by atoms with Gasteiger partial charge in [-0.25, -0.2) is 4.98 Å². The molecular formula is C43H43IrN3OSi-2. The van der Waals surface area contributed by atoms with E-state index in [0.29, 0.717) is 17.2 Å². The minimum absolute atomic E-state index is 0. The van der Waals surface area contributed by atoms with Crippen LogP contribution in [-0.2, 0) is 26.5 Å². The Kier molecular flexibility index (Phi) is 11.0. The zero-order valence-electron chi connectivity index (χ0n) is 30.3. The van der Waals surface area contributed by atoms with E-state index < -0.39 is 14.0 Å². The number of hydrogen-bond donors (Lipinski definition) is 0. The van der Waals surface area contributed by atoms with E-state index in [9.17, 15) is 0 Å². The molecule has 0 amide bonds. The van der Waals surface area contributed by atoms with Crippen LogP contribution in [0.1, 0.15) is 46.1 Å². The quantitative estimate of drug-likeness (QED) is 0.119. The summed E-state index contributed by atoms with van der Waals surface area (Å²) in [4.78, 5) is 13.9. The predicted octanol–water partition coefficient (Wildman–Crippen LogP) is 10.9. The smallest absolute Gasteiger partial charge is 0.216 e. The van der Waals surface area contributed by atoms with Gasteiger partial charge in [0, 0.05) is 44.8 Å². The molecule has 0 saturated heterocycles. The van der Waals surface area contributed by atoms with E-state index in [1.54, 1.807) is 6.20 Å². The van der Waals surface area contributed by atoms with Crippen LogP contribution in [0.4, 0.5) is 0 Å². The second-order valence-corrected chi connectivity index (χ2v) is 18.9. The van der Waals surface area contributed by atoms with Gasteiger partial charge in [0.1, 0.15) is 0 Å². The molecule has 0 aliphatic rings. The van der Waals surface area contributed by atoms with Crippen LogP contribution in [0.25, 0.3) is 55.8 Å². The molecule has 0 unspecified atom stereocenters. The maximum Gasteiger partial charge on any atom is 0.216 e. The van der Waals surface area contributed by atoms with Gasteiger partial charge >= 0.3 is 0 Å². The van der Waals surface area contributed by atoms with Gasteiger partial charge in [-0.2, -0.15) is 0 Å². The van der Waals surface area contributed by atoms with Crippen LogP contribution in [-0.4, -0.2) is 23.0 Å². The predicted molar refractivity (Wildman–Crippen MR) is 203 cm³/mol. The Morgan fingerprint density at radius 1 is 0.776 bits per heavy atom. The van der Waals surface area contributed by atoms with Gasteiger partial charge in [-0.05, 0) is 53.0 Å². The molecule has 0 bridgehead atoms. The van der Waals surface area contributed by atoms with E-state index in [4.69, 9.17) is 10.8 Å². The van der Waals surface area contributed by atoms with Crippen molar-refractivity contribution in [1.82, 2.24) is 15.0 Å². The summed E-state index contributed by atoms with van der Waals surface area (Å²) in [7, 11) is -1.34. The Hall–Kier alpha value is -4.22. The Morgan fingerprint density at radius 3 is 2.24 bits per heavy atom. The first-order valence-corrected chi connectivity index (χ1v) is 20.1. The molecule has 6 heteroatoms. The normalized spacial score (nSPS) is 12.0. The van der Waals surface area contributed by atoms with Crippen LogP contribution in [0.2, 0.25) is 19.6 Å². The Balaban J connectivity index is 0.000000204. The molecule has 3 aromatic carbocycles. The third kappa shape index (κ3) is 8.33. The van der Waals surface area contributed by atoms with Crippen molar-refractivity contribution in [3.8, 4) is 33.8 Å². The summed E-state index contributed by atoms with van der Waals surface area (Å²) in [5.74, 6) is -0.0360. The van der Waals surface area contributed by atoms with Crippen molar-refractivity contribution in [3.05, 3.63) is 133 Å². The summed E-state index contributed by atoms with van der Waals surface area (Å²) in [6.07, 6.45) is 4.98. The van der Waals surface area contributed by atoms with Crippen molar-refractivity contribution in [2.24, 2.45) is 5.92 Å². The summed E-state index contributed by atoms with van der Waals surface area (Å²) in [5, 5.41) is 3.44. The number of hydrogen-bond acceptors (Lipinski definition) is 4. The van der Waals surface area contributed by atoms with Crippen molar-refractivity contribution in [3.63, 3.8) is 0 Å². The van der Waals surface area contributed by atoms with Crippen LogP contribution < -0.4 is 5.19 Å². The molecule has 0 aliphatic heterocycles. The van der Waals surface area contributed by atoms with Gasteiger partial charge in [0.2, 0.25) is 5.71 Å². The number of pyridine rings is 3. The van der Waals surface area contributed by atoms with Gasteiger partial charge in [0.25, 0.3) is 0 Å². The first kappa shape index (κ1) is 34.6. The number of furan rings is 1. The van der Waals surface area contributed by atoms with Crippen LogP contribution in [0, 0.1) is 18.1 Å². The summed E-state index contributed by atoms with van der Waals surface area (Å²) < 4.78 is 14.5. The molecule has 251 valence electrons. The van der Waals surface area contributed by atoms with Gasteiger partial charge in [-0.1, -0.05) is 112 Å². The van der Waals surface area contributed by atoms with E-state index >= 15 is 0 Å². The zero-order chi connectivity index (χ0) is 34.8. The van der Waals surface area contributed by atoms with E-state index in [2.05, 4.69) is 80.0 Å².